The summed E-state index contributed by atoms with van der Waals surface area (Å²) in [6.07, 6.45) is 0. The zero-order valence-electron chi connectivity index (χ0n) is 8.93. The maximum absolute atomic E-state index is 5.71. The molecule has 6 heteroatoms. The first-order valence-electron chi connectivity index (χ1n) is 5.08. The van der Waals surface area contributed by atoms with E-state index in [-0.39, 0.29) is 0 Å². The number of hydrogen-bond donors (Lipinski definition) is 0. The van der Waals surface area contributed by atoms with Gasteiger partial charge < -0.3 is 4.74 Å². The van der Waals surface area contributed by atoms with Gasteiger partial charge in [-0.3, -0.25) is 0 Å². The lowest BCUT2D eigenvalue weighted by Gasteiger charge is -2.07. The predicted molar refractivity (Wildman–Crippen MR) is 79.3 cm³/mol. The van der Waals surface area contributed by atoms with Crippen molar-refractivity contribution in [1.29, 1.82) is 0 Å². The van der Waals surface area contributed by atoms with Crippen molar-refractivity contribution in [2.45, 2.75) is 0 Å². The molecule has 0 unspecified atom stereocenters. The first-order valence-corrected chi connectivity index (χ1v) is 7.48. The summed E-state index contributed by atoms with van der Waals surface area (Å²) in [6, 6.07) is 12.1. The van der Waals surface area contributed by atoms with Crippen molar-refractivity contribution >= 4 is 54.0 Å². The fourth-order valence-corrected chi connectivity index (χ4v) is 3.13. The highest BCUT2D eigenvalue weighted by Gasteiger charge is 2.09. The van der Waals surface area contributed by atoms with Crippen LogP contribution in [0.5, 0.6) is 10.9 Å². The molecule has 18 heavy (non-hydrogen) atoms. The number of ether oxygens (including phenoxy) is 1. The van der Waals surface area contributed by atoms with Gasteiger partial charge in [0, 0.05) is 0 Å². The third-order valence-corrected chi connectivity index (χ3v) is 4.46. The summed E-state index contributed by atoms with van der Waals surface area (Å²) in [5, 5.41) is 10.5. The van der Waals surface area contributed by atoms with Crippen LogP contribution in [0.4, 0.5) is 0 Å². The van der Waals surface area contributed by atoms with Crippen LogP contribution in [-0.2, 0) is 0 Å². The average Bonchev–Trinajstić information content (AvgIpc) is 2.79. The SMILES string of the molecule is Brc1nnc(Oc2ccc3ccccc3c2Br)s1. The van der Waals surface area contributed by atoms with Crippen LogP contribution in [-0.4, -0.2) is 10.2 Å². The maximum atomic E-state index is 5.71. The molecule has 0 amide bonds. The summed E-state index contributed by atoms with van der Waals surface area (Å²) in [5.74, 6) is 0.734. The number of rotatable bonds is 2. The van der Waals surface area contributed by atoms with Crippen LogP contribution in [0.25, 0.3) is 10.8 Å². The van der Waals surface area contributed by atoms with Crippen LogP contribution in [0.2, 0.25) is 0 Å². The smallest absolute Gasteiger partial charge is 0.300 e. The van der Waals surface area contributed by atoms with Gasteiger partial charge in [0.05, 0.1) is 4.47 Å². The molecule has 1 aromatic heterocycles. The molecular weight excluding hydrogens is 380 g/mol. The maximum Gasteiger partial charge on any atom is 0.300 e. The Kier molecular flexibility index (Phi) is 3.32. The van der Waals surface area contributed by atoms with Gasteiger partial charge in [-0.05, 0) is 60.0 Å². The van der Waals surface area contributed by atoms with E-state index in [9.17, 15) is 0 Å². The third-order valence-electron chi connectivity index (χ3n) is 2.41. The molecule has 0 aliphatic heterocycles. The van der Waals surface area contributed by atoms with E-state index in [2.05, 4.69) is 48.1 Å². The normalized spacial score (nSPS) is 10.8. The summed E-state index contributed by atoms with van der Waals surface area (Å²) in [5.41, 5.74) is 0. The molecule has 0 atom stereocenters. The van der Waals surface area contributed by atoms with Gasteiger partial charge in [-0.1, -0.05) is 35.4 Å². The molecular formula is C12H6Br2N2OS. The van der Waals surface area contributed by atoms with E-state index in [1.165, 1.54) is 11.3 Å². The van der Waals surface area contributed by atoms with Crippen molar-refractivity contribution in [1.82, 2.24) is 10.2 Å². The molecule has 0 aliphatic carbocycles. The minimum atomic E-state index is 0.512. The average molecular weight is 386 g/mol. The Morgan fingerprint density at radius 2 is 1.83 bits per heavy atom. The van der Waals surface area contributed by atoms with E-state index < -0.39 is 0 Å². The van der Waals surface area contributed by atoms with Crippen LogP contribution in [0.15, 0.2) is 44.8 Å². The van der Waals surface area contributed by atoms with Crippen molar-refractivity contribution < 1.29 is 4.74 Å². The molecule has 0 saturated heterocycles. The second-order valence-electron chi connectivity index (χ2n) is 3.52. The van der Waals surface area contributed by atoms with Gasteiger partial charge in [0.1, 0.15) is 5.75 Å². The fraction of sp³-hybridized carbons (Fsp3) is 0. The van der Waals surface area contributed by atoms with Gasteiger partial charge >= 0.3 is 0 Å². The predicted octanol–water partition coefficient (Wildman–Crippen LogP) is 5.01. The number of fused-ring (bicyclic) bond motifs is 1. The van der Waals surface area contributed by atoms with Gasteiger partial charge in [-0.15, -0.1) is 5.10 Å². The molecule has 90 valence electrons. The molecule has 0 fully saturated rings. The highest BCUT2D eigenvalue weighted by Crippen LogP contribution is 2.36. The van der Waals surface area contributed by atoms with Gasteiger partial charge in [0.2, 0.25) is 0 Å². The minimum absolute atomic E-state index is 0.512. The highest BCUT2D eigenvalue weighted by atomic mass is 79.9. The Bertz CT molecular complexity index is 714. The standard InChI is InChI=1S/C12H6Br2N2OS/c13-10-8-4-2-1-3-7(8)5-6-9(10)17-12-16-15-11(14)18-12/h1-6H. The highest BCUT2D eigenvalue weighted by molar-refractivity contribution is 9.11. The molecule has 0 bridgehead atoms. The van der Waals surface area contributed by atoms with E-state index in [4.69, 9.17) is 4.74 Å². The zero-order chi connectivity index (χ0) is 12.5. The van der Waals surface area contributed by atoms with Gasteiger partial charge in [-0.2, -0.15) is 0 Å². The van der Waals surface area contributed by atoms with E-state index >= 15 is 0 Å². The molecule has 3 rings (SSSR count). The molecule has 3 aromatic rings. The summed E-state index contributed by atoms with van der Waals surface area (Å²) in [6.45, 7) is 0. The van der Waals surface area contributed by atoms with Crippen LogP contribution in [0.3, 0.4) is 0 Å². The Balaban J connectivity index is 2.04. The molecule has 0 radical (unpaired) electrons. The third kappa shape index (κ3) is 2.28. The number of aromatic nitrogens is 2. The Labute approximate surface area is 124 Å². The number of halogens is 2. The largest absolute Gasteiger partial charge is 0.429 e. The second kappa shape index (κ2) is 4.95. The first kappa shape index (κ1) is 12.1. The van der Waals surface area contributed by atoms with E-state index in [1.807, 2.05) is 30.3 Å². The van der Waals surface area contributed by atoms with Crippen LogP contribution in [0, 0.1) is 0 Å². The van der Waals surface area contributed by atoms with Gasteiger partial charge in [-0.25, -0.2) is 0 Å². The Morgan fingerprint density at radius 1 is 1.00 bits per heavy atom. The van der Waals surface area contributed by atoms with E-state index in [0.29, 0.717) is 9.11 Å². The zero-order valence-corrected chi connectivity index (χ0v) is 12.9. The lowest BCUT2D eigenvalue weighted by atomic mass is 10.1. The summed E-state index contributed by atoms with van der Waals surface area (Å²) < 4.78 is 7.33. The van der Waals surface area contributed by atoms with E-state index in [0.717, 1.165) is 21.0 Å². The molecule has 0 aliphatic rings. The Morgan fingerprint density at radius 3 is 2.61 bits per heavy atom. The fourth-order valence-electron chi connectivity index (χ4n) is 1.62. The van der Waals surface area contributed by atoms with Crippen molar-refractivity contribution in [3.63, 3.8) is 0 Å². The molecule has 1 heterocycles. The van der Waals surface area contributed by atoms with Crippen LogP contribution >= 0.6 is 43.2 Å². The molecule has 0 N–H and O–H groups in total. The monoisotopic (exact) mass is 384 g/mol. The molecule has 0 spiro atoms. The number of nitrogens with zero attached hydrogens (tertiary/aromatic N) is 2. The topological polar surface area (TPSA) is 35.0 Å². The summed E-state index contributed by atoms with van der Waals surface area (Å²) in [7, 11) is 0. The number of benzene rings is 2. The van der Waals surface area contributed by atoms with E-state index in [1.54, 1.807) is 0 Å². The first-order chi connectivity index (χ1) is 8.74. The minimum Gasteiger partial charge on any atom is -0.429 e. The van der Waals surface area contributed by atoms with Gasteiger partial charge in [0.15, 0.2) is 3.92 Å². The van der Waals surface area contributed by atoms with Crippen LogP contribution in [0.1, 0.15) is 0 Å². The van der Waals surface area contributed by atoms with Crippen molar-refractivity contribution in [3.05, 3.63) is 44.8 Å². The van der Waals surface area contributed by atoms with Crippen molar-refractivity contribution in [2.24, 2.45) is 0 Å². The summed E-state index contributed by atoms with van der Waals surface area (Å²) >= 11 is 8.17. The quantitative estimate of drug-likeness (QED) is 0.621. The number of hydrogen-bond acceptors (Lipinski definition) is 4. The lowest BCUT2D eigenvalue weighted by Crippen LogP contribution is -1.86. The molecule has 0 saturated carbocycles. The molecule has 3 nitrogen and oxygen atoms in total. The lowest BCUT2D eigenvalue weighted by molar-refractivity contribution is 0.471. The van der Waals surface area contributed by atoms with Crippen molar-refractivity contribution in [2.75, 3.05) is 0 Å². The summed E-state index contributed by atoms with van der Waals surface area (Å²) in [4.78, 5) is 0. The van der Waals surface area contributed by atoms with Gasteiger partial charge in [0.25, 0.3) is 5.19 Å². The second-order valence-corrected chi connectivity index (χ2v) is 6.53. The van der Waals surface area contributed by atoms with Crippen LogP contribution < -0.4 is 4.74 Å². The Hall–Kier alpha value is -0.980. The van der Waals surface area contributed by atoms with Crippen molar-refractivity contribution in [3.8, 4) is 10.9 Å². The molecule has 2 aromatic carbocycles.